The second-order valence-corrected chi connectivity index (χ2v) is 6.59. The highest BCUT2D eigenvalue weighted by molar-refractivity contribution is 9.10. The van der Waals surface area contributed by atoms with Gasteiger partial charge in [0.05, 0.1) is 11.0 Å². The molecule has 0 radical (unpaired) electrons. The van der Waals surface area contributed by atoms with E-state index in [1.807, 2.05) is 0 Å². The number of nitrogens with one attached hydrogen (secondary N) is 1. The maximum atomic E-state index is 13.9. The van der Waals surface area contributed by atoms with E-state index >= 15 is 0 Å². The number of hydrogen-bond donors (Lipinski definition) is 2. The molecule has 108 valence electrons. The molecule has 0 bridgehead atoms. The first-order chi connectivity index (χ1) is 9.31. The monoisotopic (exact) mass is 363 g/mol. The van der Waals surface area contributed by atoms with Crippen molar-refractivity contribution in [1.29, 1.82) is 0 Å². The molecule has 1 heterocycles. The van der Waals surface area contributed by atoms with E-state index in [4.69, 9.17) is 5.73 Å². The number of benzene rings is 1. The maximum Gasteiger partial charge on any atom is 0.244 e. The summed E-state index contributed by atoms with van der Waals surface area (Å²) in [4.78, 5) is -0.522. The molecule has 20 heavy (non-hydrogen) atoms. The average molecular weight is 364 g/mol. The lowest BCUT2D eigenvalue weighted by molar-refractivity contribution is 0.552. The minimum atomic E-state index is -4.04. The Morgan fingerprint density at radius 2 is 2.20 bits per heavy atom. The van der Waals surface area contributed by atoms with Crippen LogP contribution in [0.1, 0.15) is 5.82 Å². The second kappa shape index (κ2) is 5.46. The van der Waals surface area contributed by atoms with Crippen LogP contribution >= 0.6 is 15.9 Å². The number of nitrogen functional groups attached to an aromatic ring is 1. The molecular weight excluding hydrogens is 353 g/mol. The molecule has 10 heteroatoms. The summed E-state index contributed by atoms with van der Waals surface area (Å²) in [5.41, 5.74) is 5.66. The van der Waals surface area contributed by atoms with E-state index in [1.54, 1.807) is 11.6 Å². The summed E-state index contributed by atoms with van der Waals surface area (Å²) in [5, 5.41) is 7.35. The number of aryl methyl sites for hydroxylation is 1. The summed E-state index contributed by atoms with van der Waals surface area (Å²) in [6, 6.07) is 2.34. The van der Waals surface area contributed by atoms with Crippen molar-refractivity contribution in [3.63, 3.8) is 0 Å². The van der Waals surface area contributed by atoms with Crippen LogP contribution in [0.25, 0.3) is 0 Å². The zero-order chi connectivity index (χ0) is 14.9. The van der Waals surface area contributed by atoms with Crippen LogP contribution in [-0.4, -0.2) is 23.2 Å². The number of aromatic nitrogens is 3. The fraction of sp³-hybridized carbons (Fsp3) is 0.200. The van der Waals surface area contributed by atoms with E-state index in [9.17, 15) is 12.8 Å². The third-order valence-corrected chi connectivity index (χ3v) is 4.51. The lowest BCUT2D eigenvalue weighted by atomic mass is 10.3. The van der Waals surface area contributed by atoms with Crippen LogP contribution in [0.5, 0.6) is 0 Å². The zero-order valence-corrected chi connectivity index (χ0v) is 12.7. The molecule has 2 aromatic rings. The van der Waals surface area contributed by atoms with Gasteiger partial charge in [0, 0.05) is 12.7 Å². The SMILES string of the molecule is Cn1cnnc1CNS(=O)(=O)c1cc(N)cc(Br)c1F. The van der Waals surface area contributed by atoms with Gasteiger partial charge in [-0.1, -0.05) is 0 Å². The minimum Gasteiger partial charge on any atom is -0.399 e. The predicted molar refractivity (Wildman–Crippen MR) is 73.5 cm³/mol. The molecule has 1 aromatic heterocycles. The highest BCUT2D eigenvalue weighted by Crippen LogP contribution is 2.26. The molecule has 0 spiro atoms. The average Bonchev–Trinajstić information content (AvgIpc) is 2.77. The van der Waals surface area contributed by atoms with Gasteiger partial charge in [0.2, 0.25) is 10.0 Å². The highest BCUT2D eigenvalue weighted by atomic mass is 79.9. The first-order valence-electron chi connectivity index (χ1n) is 5.38. The van der Waals surface area contributed by atoms with Crippen LogP contribution in [0.2, 0.25) is 0 Å². The van der Waals surface area contributed by atoms with E-state index in [1.165, 1.54) is 12.4 Å². The molecule has 0 saturated heterocycles. The second-order valence-electron chi connectivity index (χ2n) is 4.00. The number of nitrogens with zero attached hydrogens (tertiary/aromatic N) is 3. The summed E-state index contributed by atoms with van der Waals surface area (Å²) < 4.78 is 41.8. The molecule has 1 aromatic carbocycles. The number of sulfonamides is 1. The van der Waals surface area contributed by atoms with Crippen molar-refractivity contribution in [2.24, 2.45) is 7.05 Å². The number of anilines is 1. The smallest absolute Gasteiger partial charge is 0.244 e. The Morgan fingerprint density at radius 1 is 1.50 bits per heavy atom. The Kier molecular flexibility index (Phi) is 4.06. The van der Waals surface area contributed by atoms with Gasteiger partial charge in [0.1, 0.15) is 17.0 Å². The van der Waals surface area contributed by atoms with Crippen molar-refractivity contribution in [1.82, 2.24) is 19.5 Å². The Bertz CT molecular complexity index is 746. The maximum absolute atomic E-state index is 13.9. The van der Waals surface area contributed by atoms with Crippen LogP contribution in [0.3, 0.4) is 0 Å². The lowest BCUT2D eigenvalue weighted by Gasteiger charge is -2.09. The van der Waals surface area contributed by atoms with Gasteiger partial charge in [-0.25, -0.2) is 17.5 Å². The molecule has 7 nitrogen and oxygen atoms in total. The normalized spacial score (nSPS) is 11.8. The van der Waals surface area contributed by atoms with Gasteiger partial charge in [-0.15, -0.1) is 10.2 Å². The first kappa shape index (κ1) is 14.9. The summed E-state index contributed by atoms with van der Waals surface area (Å²) in [6.45, 7) is -0.106. The molecule has 0 aliphatic rings. The van der Waals surface area contributed by atoms with Gasteiger partial charge in [-0.2, -0.15) is 0 Å². The molecule has 2 rings (SSSR count). The fourth-order valence-electron chi connectivity index (χ4n) is 1.48. The number of nitrogens with two attached hydrogens (primary N) is 1. The van der Waals surface area contributed by atoms with Crippen molar-refractivity contribution >= 4 is 31.6 Å². The standard InChI is InChI=1S/C10H11BrFN5O2S/c1-17-5-14-16-9(17)4-15-20(18,19)8-3-6(13)2-7(11)10(8)12/h2-3,5,15H,4,13H2,1H3. The molecule has 0 saturated carbocycles. The van der Waals surface area contributed by atoms with Crippen molar-refractivity contribution in [2.75, 3.05) is 5.73 Å². The zero-order valence-electron chi connectivity index (χ0n) is 10.3. The summed E-state index contributed by atoms with van der Waals surface area (Å²) in [6.07, 6.45) is 1.43. The van der Waals surface area contributed by atoms with E-state index in [-0.39, 0.29) is 16.7 Å². The quantitative estimate of drug-likeness (QED) is 0.781. The van der Waals surface area contributed by atoms with E-state index in [0.29, 0.717) is 5.82 Å². The number of halogens is 2. The third-order valence-electron chi connectivity index (χ3n) is 2.53. The Labute approximate surface area is 123 Å². The Morgan fingerprint density at radius 3 is 2.80 bits per heavy atom. The van der Waals surface area contributed by atoms with Crippen molar-refractivity contribution in [3.8, 4) is 0 Å². The molecule has 0 aliphatic heterocycles. The van der Waals surface area contributed by atoms with Crippen LogP contribution in [-0.2, 0) is 23.6 Å². The Hall–Kier alpha value is -1.52. The fourth-order valence-corrected chi connectivity index (χ4v) is 3.20. The van der Waals surface area contributed by atoms with Crippen molar-refractivity contribution < 1.29 is 12.8 Å². The molecule has 3 N–H and O–H groups in total. The number of hydrogen-bond acceptors (Lipinski definition) is 5. The van der Waals surface area contributed by atoms with Crippen LogP contribution in [0.4, 0.5) is 10.1 Å². The van der Waals surface area contributed by atoms with Gasteiger partial charge in [-0.05, 0) is 28.1 Å². The summed E-state index contributed by atoms with van der Waals surface area (Å²) in [5.74, 6) is -0.499. The van der Waals surface area contributed by atoms with Crippen LogP contribution < -0.4 is 10.5 Å². The molecule has 0 fully saturated rings. The third kappa shape index (κ3) is 2.97. The molecule has 0 amide bonds. The lowest BCUT2D eigenvalue weighted by Crippen LogP contribution is -2.25. The van der Waals surface area contributed by atoms with Gasteiger partial charge in [0.15, 0.2) is 5.82 Å². The topological polar surface area (TPSA) is 103 Å². The minimum absolute atomic E-state index is 0.0171. The Balaban J connectivity index is 2.29. The summed E-state index contributed by atoms with van der Waals surface area (Å²) >= 11 is 2.92. The van der Waals surface area contributed by atoms with Gasteiger partial charge >= 0.3 is 0 Å². The molecule has 0 unspecified atom stereocenters. The first-order valence-corrected chi connectivity index (χ1v) is 7.66. The largest absolute Gasteiger partial charge is 0.399 e. The van der Waals surface area contributed by atoms with E-state index < -0.39 is 20.7 Å². The van der Waals surface area contributed by atoms with E-state index in [2.05, 4.69) is 30.8 Å². The highest BCUT2D eigenvalue weighted by Gasteiger charge is 2.22. The molecule has 0 atom stereocenters. The van der Waals surface area contributed by atoms with Crippen LogP contribution in [0, 0.1) is 5.82 Å². The van der Waals surface area contributed by atoms with Gasteiger partial charge in [0.25, 0.3) is 0 Å². The van der Waals surface area contributed by atoms with Crippen molar-refractivity contribution in [2.45, 2.75) is 11.4 Å². The van der Waals surface area contributed by atoms with Crippen molar-refractivity contribution in [3.05, 3.63) is 34.6 Å². The predicted octanol–water partition coefficient (Wildman–Crippen LogP) is 0.777. The van der Waals surface area contributed by atoms with E-state index in [0.717, 1.165) is 6.07 Å². The summed E-state index contributed by atoms with van der Waals surface area (Å²) in [7, 11) is -2.38. The van der Waals surface area contributed by atoms with Gasteiger partial charge in [-0.3, -0.25) is 0 Å². The van der Waals surface area contributed by atoms with Crippen LogP contribution in [0.15, 0.2) is 27.8 Å². The molecular formula is C10H11BrFN5O2S. The molecule has 0 aliphatic carbocycles. The number of rotatable bonds is 4. The van der Waals surface area contributed by atoms with Gasteiger partial charge < -0.3 is 10.3 Å².